The number of carbonyl (C=O) groups excluding carboxylic acids is 1. The smallest absolute Gasteiger partial charge is 0.185 e. The maximum atomic E-state index is 12.9. The van der Waals surface area contributed by atoms with E-state index in [0.29, 0.717) is 11.8 Å². The van der Waals surface area contributed by atoms with Crippen molar-refractivity contribution in [3.05, 3.63) is 94.8 Å². The van der Waals surface area contributed by atoms with Gasteiger partial charge in [-0.05, 0) is 90.3 Å². The number of aryl methyl sites for hydroxylation is 1. The molecule has 1 aromatic heterocycles. The van der Waals surface area contributed by atoms with Crippen molar-refractivity contribution >= 4 is 38.5 Å². The number of hydrogen-bond donors (Lipinski definition) is 0. The van der Waals surface area contributed by atoms with Crippen LogP contribution in [0, 0.1) is 5.41 Å². The second-order valence-corrected chi connectivity index (χ2v) is 14.8. The summed E-state index contributed by atoms with van der Waals surface area (Å²) in [5.74, 6) is -0.758. The van der Waals surface area contributed by atoms with Gasteiger partial charge in [-0.2, -0.15) is 0 Å². The van der Waals surface area contributed by atoms with E-state index in [9.17, 15) is 13.2 Å². The molecule has 0 unspecified atom stereocenters. The summed E-state index contributed by atoms with van der Waals surface area (Å²) in [7, 11) is -3.68. The van der Waals surface area contributed by atoms with Gasteiger partial charge in [-0.3, -0.25) is 14.7 Å². The van der Waals surface area contributed by atoms with Crippen LogP contribution in [-0.4, -0.2) is 62.6 Å². The maximum absolute atomic E-state index is 12.9. The second kappa shape index (κ2) is 13.1. The first kappa shape index (κ1) is 30.5. The predicted molar refractivity (Wildman–Crippen MR) is 171 cm³/mol. The van der Waals surface area contributed by atoms with E-state index >= 15 is 0 Å². The molecule has 222 valence electrons. The van der Waals surface area contributed by atoms with E-state index in [4.69, 9.17) is 11.6 Å². The topological polar surface area (TPSA) is 70.6 Å². The van der Waals surface area contributed by atoms with Crippen LogP contribution >= 0.6 is 11.6 Å². The van der Waals surface area contributed by atoms with Crippen molar-refractivity contribution in [3.8, 4) is 0 Å². The molecular weight excluding hydrogens is 566 g/mol. The Morgan fingerprint density at radius 2 is 1.69 bits per heavy atom. The predicted octanol–water partition coefficient (Wildman–Crippen LogP) is 6.50. The molecule has 8 heteroatoms. The fourth-order valence-corrected chi connectivity index (χ4v) is 7.37. The van der Waals surface area contributed by atoms with E-state index in [1.165, 1.54) is 23.1 Å². The highest BCUT2D eigenvalue weighted by atomic mass is 35.5. The number of benzene rings is 2. The highest BCUT2D eigenvalue weighted by Crippen LogP contribution is 2.43. The van der Waals surface area contributed by atoms with Gasteiger partial charge in [-0.25, -0.2) is 8.42 Å². The zero-order valence-corrected chi connectivity index (χ0v) is 26.1. The Labute approximate surface area is 255 Å². The van der Waals surface area contributed by atoms with Crippen LogP contribution in [0.2, 0.25) is 5.02 Å². The van der Waals surface area contributed by atoms with E-state index in [2.05, 4.69) is 40.8 Å². The second-order valence-electron chi connectivity index (χ2n) is 12.3. The summed E-state index contributed by atoms with van der Waals surface area (Å²) in [6, 6.07) is 19.0. The first-order valence-electron chi connectivity index (χ1n) is 14.8. The van der Waals surface area contributed by atoms with Gasteiger partial charge in [-0.1, -0.05) is 49.2 Å². The molecule has 42 heavy (non-hydrogen) atoms. The lowest BCUT2D eigenvalue weighted by Gasteiger charge is -2.39. The number of carbonyl (C=O) groups is 1. The molecule has 0 radical (unpaired) electrons. The lowest BCUT2D eigenvalue weighted by Crippen LogP contribution is -2.47. The van der Waals surface area contributed by atoms with Crippen LogP contribution < -0.4 is 4.90 Å². The summed E-state index contributed by atoms with van der Waals surface area (Å²) in [5.41, 5.74) is 6.52. The van der Waals surface area contributed by atoms with Crippen molar-refractivity contribution in [3.63, 3.8) is 0 Å². The summed E-state index contributed by atoms with van der Waals surface area (Å²) < 4.78 is 25.8. The third kappa shape index (κ3) is 7.88. The first-order valence-corrected chi connectivity index (χ1v) is 16.8. The largest absolute Gasteiger partial charge is 0.369 e. The fourth-order valence-electron chi connectivity index (χ4n) is 5.96. The number of halogens is 1. The molecule has 2 aromatic carbocycles. The van der Waals surface area contributed by atoms with Gasteiger partial charge in [0.1, 0.15) is 11.5 Å². The van der Waals surface area contributed by atoms with Gasteiger partial charge in [0.2, 0.25) is 0 Å². The summed E-state index contributed by atoms with van der Waals surface area (Å²) in [6.45, 7) is 9.36. The molecule has 5 rings (SSSR count). The lowest BCUT2D eigenvalue weighted by molar-refractivity contribution is -0.116. The maximum Gasteiger partial charge on any atom is 0.185 e. The molecule has 2 aliphatic rings. The van der Waals surface area contributed by atoms with Gasteiger partial charge in [0.15, 0.2) is 9.84 Å². The number of pyridine rings is 1. The van der Waals surface area contributed by atoms with Gasteiger partial charge >= 0.3 is 0 Å². The molecular formula is C34H40ClN3O3S. The Kier molecular flexibility index (Phi) is 9.50. The van der Waals surface area contributed by atoms with Crippen molar-refractivity contribution < 1.29 is 13.2 Å². The number of Topliss-reactive ketones (excluding diaryl/α,β-unsaturated/α-hetero) is 1. The third-order valence-corrected chi connectivity index (χ3v) is 10.4. The average molecular weight is 606 g/mol. The quantitative estimate of drug-likeness (QED) is 0.263. The van der Waals surface area contributed by atoms with Crippen molar-refractivity contribution in [1.82, 2.24) is 9.88 Å². The number of hydrogen-bond acceptors (Lipinski definition) is 6. The van der Waals surface area contributed by atoms with Gasteiger partial charge in [0.05, 0.1) is 4.90 Å². The molecule has 6 nitrogen and oxygen atoms in total. The van der Waals surface area contributed by atoms with Gasteiger partial charge in [0.25, 0.3) is 0 Å². The van der Waals surface area contributed by atoms with E-state index < -0.39 is 15.6 Å². The van der Waals surface area contributed by atoms with Gasteiger partial charge in [-0.15, -0.1) is 0 Å². The number of piperazine rings is 1. The number of ketones is 1. The molecule has 0 atom stereocenters. The van der Waals surface area contributed by atoms with Crippen LogP contribution in [0.25, 0.3) is 5.57 Å². The Balaban J connectivity index is 1.16. The molecule has 3 aromatic rings. The highest BCUT2D eigenvalue weighted by Gasteiger charge is 2.29. The molecule has 0 amide bonds. The monoisotopic (exact) mass is 605 g/mol. The minimum absolute atomic E-state index is 0.184. The van der Waals surface area contributed by atoms with Crippen LogP contribution in [0.15, 0.2) is 83.5 Å². The standard InChI is InChI=1S/C34H40ClN3O3S/c1-34(2)16-15-28(33(22-34)27-6-8-29(35)9-7-27)24-37-18-20-38(21-19-37)30-10-13-32(14-11-30)42(40,41)25-31(39)12-5-26-4-3-17-36-23-26/h3-4,6-11,13-14,17,23H,5,12,15-16,18-22,24-25H2,1-2H3. The fraction of sp³-hybridized carbons (Fsp3) is 0.412. The SMILES string of the molecule is CC1(C)CCC(CN2CCN(c3ccc(S(=O)(=O)CC(=O)CCc4cccnc4)cc3)CC2)=C(c2ccc(Cl)cc2)C1. The zero-order chi connectivity index (χ0) is 29.7. The summed E-state index contributed by atoms with van der Waals surface area (Å²) in [4.78, 5) is 21.5. The summed E-state index contributed by atoms with van der Waals surface area (Å²) in [6.07, 6.45) is 7.45. The summed E-state index contributed by atoms with van der Waals surface area (Å²) in [5, 5.41) is 0.767. The average Bonchev–Trinajstić information content (AvgIpc) is 2.98. The van der Waals surface area contributed by atoms with E-state index in [1.807, 2.05) is 36.4 Å². The number of allylic oxidation sites excluding steroid dienone is 1. The minimum atomic E-state index is -3.68. The molecule has 1 aliphatic carbocycles. The van der Waals surface area contributed by atoms with Crippen LogP contribution in [0.5, 0.6) is 0 Å². The Bertz CT molecular complexity index is 1510. The van der Waals surface area contributed by atoms with Crippen LogP contribution in [0.4, 0.5) is 5.69 Å². The Morgan fingerprint density at radius 3 is 2.36 bits per heavy atom. The molecule has 0 saturated carbocycles. The number of sulfone groups is 1. The lowest BCUT2D eigenvalue weighted by atomic mass is 9.72. The van der Waals surface area contributed by atoms with Gasteiger partial charge in [0, 0.05) is 62.2 Å². The molecule has 1 aliphatic heterocycles. The number of rotatable bonds is 10. The normalized spacial score (nSPS) is 17.8. The van der Waals surface area contributed by atoms with Crippen molar-refractivity contribution in [2.45, 2.75) is 50.8 Å². The van der Waals surface area contributed by atoms with Crippen molar-refractivity contribution in [2.24, 2.45) is 5.41 Å². The van der Waals surface area contributed by atoms with Crippen molar-refractivity contribution in [2.75, 3.05) is 43.4 Å². The number of anilines is 1. The molecule has 0 spiro atoms. The highest BCUT2D eigenvalue weighted by molar-refractivity contribution is 7.92. The van der Waals surface area contributed by atoms with E-state index in [0.717, 1.165) is 61.8 Å². The van der Waals surface area contributed by atoms with Crippen LogP contribution in [-0.2, 0) is 21.1 Å². The molecule has 2 heterocycles. The van der Waals surface area contributed by atoms with Crippen molar-refractivity contribution in [1.29, 1.82) is 0 Å². The van der Waals surface area contributed by atoms with Crippen LogP contribution in [0.3, 0.4) is 0 Å². The first-order chi connectivity index (χ1) is 20.1. The molecule has 0 N–H and O–H groups in total. The summed E-state index contributed by atoms with van der Waals surface area (Å²) >= 11 is 6.17. The molecule has 0 bridgehead atoms. The number of nitrogens with zero attached hydrogens (tertiary/aromatic N) is 3. The molecule has 1 fully saturated rings. The van der Waals surface area contributed by atoms with E-state index in [-0.39, 0.29) is 17.1 Å². The Morgan fingerprint density at radius 1 is 0.976 bits per heavy atom. The third-order valence-electron chi connectivity index (χ3n) is 8.49. The zero-order valence-electron chi connectivity index (χ0n) is 24.6. The van der Waals surface area contributed by atoms with E-state index in [1.54, 1.807) is 24.5 Å². The Hall–Kier alpha value is -3.00. The van der Waals surface area contributed by atoms with Crippen LogP contribution in [0.1, 0.15) is 50.7 Å². The minimum Gasteiger partial charge on any atom is -0.369 e. The molecule has 1 saturated heterocycles. The number of aromatic nitrogens is 1. The van der Waals surface area contributed by atoms with Gasteiger partial charge < -0.3 is 4.90 Å².